The van der Waals surface area contributed by atoms with Crippen LogP contribution in [0.2, 0.25) is 0 Å². The predicted octanol–water partition coefficient (Wildman–Crippen LogP) is 2.24. The summed E-state index contributed by atoms with van der Waals surface area (Å²) < 4.78 is 24.6. The molecule has 0 unspecified atom stereocenters. The van der Waals surface area contributed by atoms with E-state index in [1.54, 1.807) is 0 Å². The summed E-state index contributed by atoms with van der Waals surface area (Å²) in [7, 11) is -3.13. The quantitative estimate of drug-likeness (QED) is 0.311. The average molecular weight is 383 g/mol. The lowest BCUT2D eigenvalue weighted by atomic mass is 9.76. The van der Waals surface area contributed by atoms with Crippen molar-refractivity contribution in [2.75, 3.05) is 32.4 Å². The Hall–Kier alpha value is -1.60. The Morgan fingerprint density at radius 1 is 1.04 bits per heavy atom. The lowest BCUT2D eigenvalue weighted by Crippen LogP contribution is -2.40. The summed E-state index contributed by atoms with van der Waals surface area (Å²) >= 11 is 0. The number of aliphatic imine (C=N–C) groups is 1. The fourth-order valence-corrected chi connectivity index (χ4v) is 3.40. The molecule has 0 radical (unpaired) electrons. The van der Waals surface area contributed by atoms with E-state index in [-0.39, 0.29) is 5.41 Å². The number of hydrogen-bond acceptors (Lipinski definition) is 3. The normalized spacial score (nSPS) is 12.8. The second-order valence-corrected chi connectivity index (χ2v) is 8.33. The summed E-state index contributed by atoms with van der Waals surface area (Å²) in [5.74, 6) is 0.772. The lowest BCUT2D eigenvalue weighted by molar-refractivity contribution is 0.407. The van der Waals surface area contributed by atoms with Gasteiger partial charge >= 0.3 is 0 Å². The molecule has 1 aromatic rings. The van der Waals surface area contributed by atoms with E-state index in [1.807, 2.05) is 13.0 Å². The monoisotopic (exact) mass is 382 g/mol. The van der Waals surface area contributed by atoms with Gasteiger partial charge in [-0.15, -0.1) is 0 Å². The Labute approximate surface area is 158 Å². The first kappa shape index (κ1) is 22.4. The lowest BCUT2D eigenvalue weighted by Gasteiger charge is -2.31. The van der Waals surface area contributed by atoms with Gasteiger partial charge in [0.15, 0.2) is 5.96 Å². The van der Waals surface area contributed by atoms with Gasteiger partial charge in [-0.2, -0.15) is 0 Å². The summed E-state index contributed by atoms with van der Waals surface area (Å²) in [5, 5.41) is 6.55. The molecule has 0 atom stereocenters. The van der Waals surface area contributed by atoms with Crippen LogP contribution < -0.4 is 15.4 Å². The van der Waals surface area contributed by atoms with E-state index in [0.717, 1.165) is 25.3 Å². The van der Waals surface area contributed by atoms with Crippen molar-refractivity contribution in [1.29, 1.82) is 0 Å². The molecule has 0 saturated heterocycles. The molecule has 0 aliphatic rings. The van der Waals surface area contributed by atoms with Gasteiger partial charge in [-0.25, -0.2) is 13.1 Å². The maximum atomic E-state index is 11.1. The summed E-state index contributed by atoms with van der Waals surface area (Å²) in [6.07, 6.45) is 3.91. The van der Waals surface area contributed by atoms with E-state index >= 15 is 0 Å². The van der Waals surface area contributed by atoms with Crippen molar-refractivity contribution in [2.45, 2.75) is 45.4 Å². The minimum Gasteiger partial charge on any atom is -0.357 e. The number of rotatable bonds is 11. The van der Waals surface area contributed by atoms with Crippen LogP contribution in [0.5, 0.6) is 0 Å². The van der Waals surface area contributed by atoms with Gasteiger partial charge in [0.2, 0.25) is 10.0 Å². The first-order chi connectivity index (χ1) is 12.4. The van der Waals surface area contributed by atoms with Gasteiger partial charge < -0.3 is 10.6 Å². The highest BCUT2D eigenvalue weighted by molar-refractivity contribution is 7.88. The summed E-state index contributed by atoms with van der Waals surface area (Å²) in [5.41, 5.74) is 1.35. The Bertz CT molecular complexity index is 641. The Morgan fingerprint density at radius 2 is 1.69 bits per heavy atom. The third-order valence-electron chi connectivity index (χ3n) is 4.63. The molecular weight excluding hydrogens is 348 g/mol. The van der Waals surface area contributed by atoms with Crippen LogP contribution >= 0.6 is 0 Å². The zero-order valence-electron chi connectivity index (χ0n) is 16.5. The number of guanidine groups is 1. The number of benzene rings is 1. The molecule has 0 fully saturated rings. The van der Waals surface area contributed by atoms with E-state index in [9.17, 15) is 8.42 Å². The van der Waals surface area contributed by atoms with Gasteiger partial charge in [0.05, 0.1) is 12.8 Å². The van der Waals surface area contributed by atoms with E-state index in [1.165, 1.54) is 11.8 Å². The SMILES string of the molecule is CCNC(=NCC(CC)(CC)c1ccccc1)NCCCNS(C)(=O)=O. The molecule has 26 heavy (non-hydrogen) atoms. The summed E-state index contributed by atoms with van der Waals surface area (Å²) in [4.78, 5) is 4.81. The van der Waals surface area contributed by atoms with Gasteiger partial charge in [0.25, 0.3) is 0 Å². The Balaban J connectivity index is 2.70. The molecular formula is C19H34N4O2S. The molecule has 0 saturated carbocycles. The zero-order valence-corrected chi connectivity index (χ0v) is 17.3. The highest BCUT2D eigenvalue weighted by Crippen LogP contribution is 2.31. The minimum atomic E-state index is -3.13. The number of sulfonamides is 1. The molecule has 3 N–H and O–H groups in total. The van der Waals surface area contributed by atoms with Crippen molar-refractivity contribution in [2.24, 2.45) is 4.99 Å². The van der Waals surface area contributed by atoms with Crippen LogP contribution in [0.4, 0.5) is 0 Å². The van der Waals surface area contributed by atoms with Crippen LogP contribution in [0, 0.1) is 0 Å². The first-order valence-corrected chi connectivity index (χ1v) is 11.3. The molecule has 0 amide bonds. The molecule has 0 aromatic heterocycles. The Morgan fingerprint density at radius 3 is 2.23 bits per heavy atom. The predicted molar refractivity (Wildman–Crippen MR) is 110 cm³/mol. The van der Waals surface area contributed by atoms with Crippen molar-refractivity contribution in [3.8, 4) is 0 Å². The van der Waals surface area contributed by atoms with Gasteiger partial charge in [-0.3, -0.25) is 4.99 Å². The van der Waals surface area contributed by atoms with Crippen molar-refractivity contribution in [1.82, 2.24) is 15.4 Å². The molecule has 7 heteroatoms. The number of hydrogen-bond donors (Lipinski definition) is 3. The number of nitrogens with one attached hydrogen (secondary N) is 3. The van der Waals surface area contributed by atoms with E-state index < -0.39 is 10.0 Å². The average Bonchev–Trinajstić information content (AvgIpc) is 2.62. The van der Waals surface area contributed by atoms with E-state index in [2.05, 4.69) is 53.5 Å². The molecule has 0 spiro atoms. The van der Waals surface area contributed by atoms with Crippen LogP contribution in [0.3, 0.4) is 0 Å². The smallest absolute Gasteiger partial charge is 0.208 e. The summed E-state index contributed by atoms with van der Waals surface area (Å²) in [6, 6.07) is 10.6. The molecule has 6 nitrogen and oxygen atoms in total. The second-order valence-electron chi connectivity index (χ2n) is 6.50. The summed E-state index contributed by atoms with van der Waals surface area (Å²) in [6.45, 7) is 9.03. The largest absolute Gasteiger partial charge is 0.357 e. The molecule has 148 valence electrons. The standard InChI is InChI=1S/C19H34N4O2S/c1-5-19(6-2,17-12-9-8-10-13-17)16-22-18(20-7-3)21-14-11-15-23-26(4,24)25/h8-10,12-13,23H,5-7,11,14-16H2,1-4H3,(H2,20,21,22). The first-order valence-electron chi connectivity index (χ1n) is 9.39. The van der Waals surface area contributed by atoms with Crippen molar-refractivity contribution >= 4 is 16.0 Å². The van der Waals surface area contributed by atoms with Crippen molar-refractivity contribution in [3.05, 3.63) is 35.9 Å². The van der Waals surface area contributed by atoms with E-state index in [4.69, 9.17) is 4.99 Å². The highest BCUT2D eigenvalue weighted by Gasteiger charge is 2.28. The number of nitrogens with zero attached hydrogens (tertiary/aromatic N) is 1. The fourth-order valence-electron chi connectivity index (χ4n) is 2.89. The van der Waals surface area contributed by atoms with E-state index in [0.29, 0.717) is 26.1 Å². The minimum absolute atomic E-state index is 0.0292. The maximum absolute atomic E-state index is 11.1. The maximum Gasteiger partial charge on any atom is 0.208 e. The van der Waals surface area contributed by atoms with Crippen LogP contribution in [0.25, 0.3) is 0 Å². The zero-order chi connectivity index (χ0) is 19.5. The van der Waals surface area contributed by atoms with Gasteiger partial charge in [0, 0.05) is 25.0 Å². The van der Waals surface area contributed by atoms with Crippen LogP contribution in [0.15, 0.2) is 35.3 Å². The molecule has 0 heterocycles. The molecule has 0 bridgehead atoms. The second kappa shape index (κ2) is 11.2. The van der Waals surface area contributed by atoms with Gasteiger partial charge in [-0.05, 0) is 31.7 Å². The van der Waals surface area contributed by atoms with Crippen molar-refractivity contribution in [3.63, 3.8) is 0 Å². The molecule has 1 rings (SSSR count). The van der Waals surface area contributed by atoms with Crippen LogP contribution in [-0.2, 0) is 15.4 Å². The third-order valence-corrected chi connectivity index (χ3v) is 5.36. The van der Waals surface area contributed by atoms with Gasteiger partial charge in [0.1, 0.15) is 0 Å². The molecule has 0 aliphatic heterocycles. The molecule has 0 aliphatic carbocycles. The molecule has 1 aromatic carbocycles. The van der Waals surface area contributed by atoms with Crippen molar-refractivity contribution < 1.29 is 8.42 Å². The fraction of sp³-hybridized carbons (Fsp3) is 0.632. The Kier molecular flexibility index (Phi) is 9.65. The van der Waals surface area contributed by atoms with Gasteiger partial charge in [-0.1, -0.05) is 44.2 Å². The van der Waals surface area contributed by atoms with Crippen LogP contribution in [-0.4, -0.2) is 46.8 Å². The van der Waals surface area contributed by atoms with Crippen LogP contribution in [0.1, 0.15) is 45.6 Å². The topological polar surface area (TPSA) is 82.6 Å². The highest BCUT2D eigenvalue weighted by atomic mass is 32.2. The third kappa shape index (κ3) is 7.74.